The van der Waals surface area contributed by atoms with Crippen LogP contribution in [0, 0.1) is 0 Å². The molecule has 0 radical (unpaired) electrons. The molecule has 0 saturated carbocycles. The number of hydrogen-bond donors (Lipinski definition) is 0. The van der Waals surface area contributed by atoms with Gasteiger partial charge in [0.25, 0.3) is 0 Å². The normalized spacial score (nSPS) is 12.6. The van der Waals surface area contributed by atoms with Gasteiger partial charge in [-0.2, -0.15) is 0 Å². The third kappa shape index (κ3) is 27.2. The van der Waals surface area contributed by atoms with Crippen molar-refractivity contribution >= 4 is 9.28 Å². The van der Waals surface area contributed by atoms with Crippen molar-refractivity contribution in [3.8, 4) is 0 Å². The highest BCUT2D eigenvalue weighted by Crippen LogP contribution is 2.21. The lowest BCUT2D eigenvalue weighted by Gasteiger charge is -2.21. The second-order valence-electron chi connectivity index (χ2n) is 11.5. The number of hydrogen-bond acceptors (Lipinski definition) is 2. The van der Waals surface area contributed by atoms with E-state index in [1.165, 1.54) is 167 Å². The van der Waals surface area contributed by atoms with Crippen LogP contribution in [0.2, 0.25) is 5.54 Å². The summed E-state index contributed by atoms with van der Waals surface area (Å²) >= 11 is 0. The topological polar surface area (TPSA) is 18.5 Å². The largest absolute Gasteiger partial charge is 0.397 e. The fourth-order valence-corrected chi connectivity index (χ4v) is 7.36. The zero-order chi connectivity index (χ0) is 26.4. The predicted molar refractivity (Wildman–Crippen MR) is 166 cm³/mol. The first-order chi connectivity index (χ1) is 17.8. The Labute approximate surface area is 231 Å². The van der Waals surface area contributed by atoms with Crippen LogP contribution in [0.1, 0.15) is 195 Å². The Balaban J connectivity index is 3.18. The van der Waals surface area contributed by atoms with Crippen LogP contribution < -0.4 is 0 Å². The fraction of sp³-hybridized carbons (Fsp3) is 1.00. The molecule has 0 aliphatic rings. The highest BCUT2D eigenvalue weighted by molar-refractivity contribution is 6.46. The molecule has 0 aliphatic carbocycles. The first-order valence-corrected chi connectivity index (χ1v) is 18.6. The molecule has 0 amide bonds. The van der Waals surface area contributed by atoms with Gasteiger partial charge in [-0.1, -0.05) is 174 Å². The van der Waals surface area contributed by atoms with Crippen molar-refractivity contribution in [3.05, 3.63) is 0 Å². The van der Waals surface area contributed by atoms with Gasteiger partial charge in [-0.05, 0) is 25.8 Å². The van der Waals surface area contributed by atoms with Crippen LogP contribution in [0.15, 0.2) is 0 Å². The molecule has 1 atom stereocenters. The molecule has 3 heteroatoms. The molecule has 0 heterocycles. The van der Waals surface area contributed by atoms with E-state index >= 15 is 0 Å². The maximum Gasteiger partial charge on any atom is 0.324 e. The zero-order valence-electron chi connectivity index (χ0n) is 25.8. The fourth-order valence-electron chi connectivity index (χ4n) is 5.45. The summed E-state index contributed by atoms with van der Waals surface area (Å²) in [5.41, 5.74) is 0.648. The minimum Gasteiger partial charge on any atom is -0.397 e. The molecule has 2 nitrogen and oxygen atoms in total. The summed E-state index contributed by atoms with van der Waals surface area (Å²) in [4.78, 5) is 0. The van der Waals surface area contributed by atoms with Crippen molar-refractivity contribution in [1.29, 1.82) is 0 Å². The average Bonchev–Trinajstić information content (AvgIpc) is 2.88. The smallest absolute Gasteiger partial charge is 0.324 e. The standard InChI is InChI=1S/C33H70O2Si/c1-5-8-9-10-11-12-13-14-15-16-17-18-19-20-21-22-23-24-25-26-27-28-29-30-31-32-33(4)36(34-6-2)35-7-3/h33,36H,5-32H2,1-4H3. The lowest BCUT2D eigenvalue weighted by molar-refractivity contribution is 0.203. The number of rotatable bonds is 31. The van der Waals surface area contributed by atoms with Crippen LogP contribution in [0.4, 0.5) is 0 Å². The van der Waals surface area contributed by atoms with E-state index in [0.29, 0.717) is 5.54 Å². The Morgan fingerprint density at radius 2 is 0.639 bits per heavy atom. The van der Waals surface area contributed by atoms with Crippen LogP contribution >= 0.6 is 0 Å². The average molecular weight is 527 g/mol. The van der Waals surface area contributed by atoms with Gasteiger partial charge >= 0.3 is 9.28 Å². The van der Waals surface area contributed by atoms with E-state index in [9.17, 15) is 0 Å². The van der Waals surface area contributed by atoms with Crippen LogP contribution in [-0.4, -0.2) is 22.5 Å². The van der Waals surface area contributed by atoms with E-state index < -0.39 is 9.28 Å². The Hall–Kier alpha value is 0.137. The van der Waals surface area contributed by atoms with Gasteiger partial charge in [-0.25, -0.2) is 0 Å². The van der Waals surface area contributed by atoms with Crippen LogP contribution in [0.5, 0.6) is 0 Å². The van der Waals surface area contributed by atoms with Gasteiger partial charge in [-0.15, -0.1) is 0 Å². The summed E-state index contributed by atoms with van der Waals surface area (Å²) in [6.45, 7) is 10.4. The zero-order valence-corrected chi connectivity index (χ0v) is 26.9. The Morgan fingerprint density at radius 1 is 0.389 bits per heavy atom. The molecule has 0 spiro atoms. The van der Waals surface area contributed by atoms with E-state index in [2.05, 4.69) is 27.7 Å². The van der Waals surface area contributed by atoms with E-state index in [0.717, 1.165) is 13.2 Å². The molecule has 0 N–H and O–H groups in total. The molecule has 218 valence electrons. The van der Waals surface area contributed by atoms with Crippen LogP contribution in [0.25, 0.3) is 0 Å². The summed E-state index contributed by atoms with van der Waals surface area (Å²) in [6, 6.07) is 0. The molecular weight excluding hydrogens is 456 g/mol. The monoisotopic (exact) mass is 527 g/mol. The maximum atomic E-state index is 5.87. The van der Waals surface area contributed by atoms with Gasteiger partial charge in [-0.3, -0.25) is 0 Å². The highest BCUT2D eigenvalue weighted by atomic mass is 28.3. The maximum absolute atomic E-state index is 5.87. The second kappa shape index (κ2) is 31.4. The van der Waals surface area contributed by atoms with Gasteiger partial charge in [0.1, 0.15) is 0 Å². The molecule has 0 aliphatic heterocycles. The van der Waals surface area contributed by atoms with Crippen molar-refractivity contribution < 1.29 is 8.85 Å². The summed E-state index contributed by atoms with van der Waals surface area (Å²) in [7, 11) is -1.43. The molecular formula is C33H70O2Si. The summed E-state index contributed by atoms with van der Waals surface area (Å²) in [5.74, 6) is 0. The third-order valence-corrected chi connectivity index (χ3v) is 10.5. The van der Waals surface area contributed by atoms with Crippen LogP contribution in [-0.2, 0) is 8.85 Å². The van der Waals surface area contributed by atoms with Gasteiger partial charge in [0.15, 0.2) is 0 Å². The van der Waals surface area contributed by atoms with Crippen molar-refractivity contribution in [3.63, 3.8) is 0 Å². The molecule has 0 aromatic rings. The van der Waals surface area contributed by atoms with E-state index in [1.54, 1.807) is 0 Å². The molecule has 0 aromatic carbocycles. The Kier molecular flexibility index (Phi) is 31.5. The lowest BCUT2D eigenvalue weighted by Crippen LogP contribution is -2.27. The summed E-state index contributed by atoms with van der Waals surface area (Å²) in [6.07, 6.45) is 37.7. The van der Waals surface area contributed by atoms with E-state index in [1.807, 2.05) is 0 Å². The van der Waals surface area contributed by atoms with Gasteiger partial charge < -0.3 is 8.85 Å². The molecule has 0 aromatic heterocycles. The molecule has 1 unspecified atom stereocenters. The first kappa shape index (κ1) is 36.1. The van der Waals surface area contributed by atoms with E-state index in [4.69, 9.17) is 8.85 Å². The molecule has 0 fully saturated rings. The third-order valence-electron chi connectivity index (χ3n) is 7.89. The molecule has 36 heavy (non-hydrogen) atoms. The SMILES string of the molecule is CCCCCCCCCCCCCCCCCCCCCCCCCCCC(C)[SiH](OCC)OCC. The predicted octanol–water partition coefficient (Wildman–Crippen LogP) is 11.8. The minimum atomic E-state index is -1.43. The van der Waals surface area contributed by atoms with Gasteiger partial charge in [0, 0.05) is 13.2 Å². The van der Waals surface area contributed by atoms with Gasteiger partial charge in [0.05, 0.1) is 0 Å². The van der Waals surface area contributed by atoms with Crippen LogP contribution in [0.3, 0.4) is 0 Å². The molecule has 0 bridgehead atoms. The van der Waals surface area contributed by atoms with E-state index in [-0.39, 0.29) is 0 Å². The summed E-state index contributed by atoms with van der Waals surface area (Å²) < 4.78 is 11.7. The summed E-state index contributed by atoms with van der Waals surface area (Å²) in [5, 5.41) is 0. The molecule has 0 rings (SSSR count). The van der Waals surface area contributed by atoms with Crippen molar-refractivity contribution in [2.45, 2.75) is 200 Å². The lowest BCUT2D eigenvalue weighted by atomic mass is 10.0. The minimum absolute atomic E-state index is 0.648. The second-order valence-corrected chi connectivity index (χ2v) is 14.1. The highest BCUT2D eigenvalue weighted by Gasteiger charge is 2.20. The Morgan fingerprint density at radius 3 is 0.889 bits per heavy atom. The molecule has 0 saturated heterocycles. The van der Waals surface area contributed by atoms with Gasteiger partial charge in [0.2, 0.25) is 0 Å². The number of unbranched alkanes of at least 4 members (excludes halogenated alkanes) is 24. The van der Waals surface area contributed by atoms with Crippen molar-refractivity contribution in [2.24, 2.45) is 0 Å². The Bertz CT molecular complexity index is 384. The first-order valence-electron chi connectivity index (χ1n) is 17.0. The van der Waals surface area contributed by atoms with Crippen molar-refractivity contribution in [2.75, 3.05) is 13.2 Å². The van der Waals surface area contributed by atoms with Crippen molar-refractivity contribution in [1.82, 2.24) is 0 Å². The quantitative estimate of drug-likeness (QED) is 0.0660.